The van der Waals surface area contributed by atoms with Crippen LogP contribution in [0.25, 0.3) is 105 Å². The molecule has 3 aromatic heterocycles. The summed E-state index contributed by atoms with van der Waals surface area (Å²) in [5.74, 6) is 1.80. The fourth-order valence-electron chi connectivity index (χ4n) is 8.00. The Kier molecular flexibility index (Phi) is 6.79. The molecule has 54 heavy (non-hydrogen) atoms. The van der Waals surface area contributed by atoms with Crippen LogP contribution in [0.5, 0.6) is 0 Å². The molecule has 0 fully saturated rings. The van der Waals surface area contributed by atoms with Crippen LogP contribution in [0.4, 0.5) is 0 Å². The lowest BCUT2D eigenvalue weighted by molar-refractivity contribution is 0.670. The lowest BCUT2D eigenvalue weighted by Crippen LogP contribution is -2.07. The summed E-state index contributed by atoms with van der Waals surface area (Å²) >= 11 is 0. The van der Waals surface area contributed by atoms with Crippen molar-refractivity contribution in [1.29, 1.82) is 0 Å². The summed E-state index contributed by atoms with van der Waals surface area (Å²) < 4.78 is 8.72. The average molecular weight is 691 g/mol. The third-order valence-corrected chi connectivity index (χ3v) is 10.5. The first-order valence-electron chi connectivity index (χ1n) is 18.1. The SMILES string of the molecule is c1ccc(-c2nc(-c3ccccc3)nc(-n3c4ccc5ccccc5c4c4cccc(-c5cccc(-c6cccc7c6oc6ccccc67)c5)c43)n2)cc1. The van der Waals surface area contributed by atoms with E-state index in [1.54, 1.807) is 0 Å². The van der Waals surface area contributed by atoms with Crippen molar-refractivity contribution in [3.8, 4) is 51.0 Å². The van der Waals surface area contributed by atoms with Crippen molar-refractivity contribution in [3.63, 3.8) is 0 Å². The molecule has 5 nitrogen and oxygen atoms in total. The van der Waals surface area contributed by atoms with Gasteiger partial charge in [-0.1, -0.05) is 164 Å². The lowest BCUT2D eigenvalue weighted by atomic mass is 9.96. The van der Waals surface area contributed by atoms with E-state index in [0.717, 1.165) is 77.1 Å². The second-order valence-corrected chi connectivity index (χ2v) is 13.6. The number of para-hydroxylation sites is 3. The van der Waals surface area contributed by atoms with E-state index >= 15 is 0 Å². The summed E-state index contributed by atoms with van der Waals surface area (Å²) in [7, 11) is 0. The van der Waals surface area contributed by atoms with Crippen LogP contribution in [0.1, 0.15) is 0 Å². The molecule has 0 N–H and O–H groups in total. The largest absolute Gasteiger partial charge is 0.455 e. The highest BCUT2D eigenvalue weighted by Crippen LogP contribution is 2.42. The number of aromatic nitrogens is 4. The summed E-state index contributed by atoms with van der Waals surface area (Å²) in [4.78, 5) is 15.5. The van der Waals surface area contributed by atoms with E-state index in [1.807, 2.05) is 72.8 Å². The van der Waals surface area contributed by atoms with Crippen LogP contribution in [-0.2, 0) is 0 Å². The Morgan fingerprint density at radius 3 is 1.74 bits per heavy atom. The molecule has 0 bridgehead atoms. The molecular weight excluding hydrogens is 661 g/mol. The van der Waals surface area contributed by atoms with Gasteiger partial charge in [0, 0.05) is 43.8 Å². The molecule has 11 aromatic rings. The van der Waals surface area contributed by atoms with Crippen molar-refractivity contribution in [2.75, 3.05) is 0 Å². The topological polar surface area (TPSA) is 56.7 Å². The van der Waals surface area contributed by atoms with Crippen LogP contribution in [0.2, 0.25) is 0 Å². The van der Waals surface area contributed by atoms with Crippen LogP contribution < -0.4 is 0 Å². The Hall–Kier alpha value is -7.37. The standard InChI is InChI=1S/C49H30N4O/c1-3-15-32(16-4-1)47-50-48(33-17-5-2-6-18-33)52-49(51-47)53-42-29-28-31-14-7-8-21-36(31)44(42)41-26-12-23-37(45(41)53)34-19-11-20-35(30-34)38-24-13-25-40-39-22-9-10-27-43(39)54-46(38)40/h1-30H. The summed E-state index contributed by atoms with van der Waals surface area (Å²) in [6.45, 7) is 0. The minimum absolute atomic E-state index is 0.564. The maximum absolute atomic E-state index is 6.48. The van der Waals surface area contributed by atoms with E-state index in [0.29, 0.717) is 17.6 Å². The Balaban J connectivity index is 1.21. The van der Waals surface area contributed by atoms with Crippen molar-refractivity contribution in [1.82, 2.24) is 19.5 Å². The van der Waals surface area contributed by atoms with Crippen molar-refractivity contribution in [3.05, 3.63) is 182 Å². The molecule has 0 spiro atoms. The average Bonchev–Trinajstić information content (AvgIpc) is 3.81. The first-order valence-corrected chi connectivity index (χ1v) is 18.1. The van der Waals surface area contributed by atoms with Gasteiger partial charge in [-0.2, -0.15) is 9.97 Å². The summed E-state index contributed by atoms with van der Waals surface area (Å²) in [5.41, 5.74) is 10.0. The number of furan rings is 1. The predicted octanol–water partition coefficient (Wildman–Crippen LogP) is 12.7. The number of hydrogen-bond donors (Lipinski definition) is 0. The Morgan fingerprint density at radius 1 is 0.407 bits per heavy atom. The van der Waals surface area contributed by atoms with Gasteiger partial charge in [-0.25, -0.2) is 4.98 Å². The fraction of sp³-hybridized carbons (Fsp3) is 0. The molecule has 0 aliphatic rings. The van der Waals surface area contributed by atoms with Gasteiger partial charge >= 0.3 is 0 Å². The summed E-state index contributed by atoms with van der Waals surface area (Å²) in [5, 5.41) is 6.89. The third-order valence-electron chi connectivity index (χ3n) is 10.5. The Labute approximate surface area is 310 Å². The zero-order valence-electron chi connectivity index (χ0n) is 29.0. The highest BCUT2D eigenvalue weighted by atomic mass is 16.3. The first kappa shape index (κ1) is 30.3. The van der Waals surface area contributed by atoms with Gasteiger partial charge in [-0.05, 0) is 40.1 Å². The molecule has 0 saturated carbocycles. The lowest BCUT2D eigenvalue weighted by Gasteiger charge is -2.13. The van der Waals surface area contributed by atoms with E-state index in [9.17, 15) is 0 Å². The van der Waals surface area contributed by atoms with Gasteiger partial charge in [0.1, 0.15) is 11.2 Å². The summed E-state index contributed by atoms with van der Waals surface area (Å²) in [6.07, 6.45) is 0. The number of benzene rings is 8. The van der Waals surface area contributed by atoms with Gasteiger partial charge in [0.25, 0.3) is 0 Å². The Morgan fingerprint density at radius 2 is 0.981 bits per heavy atom. The van der Waals surface area contributed by atoms with Gasteiger partial charge in [0.15, 0.2) is 11.6 Å². The highest BCUT2D eigenvalue weighted by Gasteiger charge is 2.22. The molecule has 11 rings (SSSR count). The van der Waals surface area contributed by atoms with Gasteiger partial charge < -0.3 is 4.42 Å². The summed E-state index contributed by atoms with van der Waals surface area (Å²) in [6, 6.07) is 63.3. The zero-order chi connectivity index (χ0) is 35.6. The van der Waals surface area contributed by atoms with Crippen LogP contribution in [0.3, 0.4) is 0 Å². The van der Waals surface area contributed by atoms with E-state index in [2.05, 4.69) is 114 Å². The van der Waals surface area contributed by atoms with Crippen LogP contribution in [0.15, 0.2) is 186 Å². The highest BCUT2D eigenvalue weighted by molar-refractivity contribution is 6.23. The number of hydrogen-bond acceptors (Lipinski definition) is 4. The first-order chi connectivity index (χ1) is 26.8. The zero-order valence-corrected chi connectivity index (χ0v) is 29.0. The van der Waals surface area contributed by atoms with Crippen molar-refractivity contribution < 1.29 is 4.42 Å². The molecular formula is C49H30N4O. The van der Waals surface area contributed by atoms with Crippen LogP contribution in [-0.4, -0.2) is 19.5 Å². The molecule has 0 saturated heterocycles. The fourth-order valence-corrected chi connectivity index (χ4v) is 8.00. The van der Waals surface area contributed by atoms with Gasteiger partial charge in [-0.3, -0.25) is 4.57 Å². The molecule has 8 aromatic carbocycles. The molecule has 0 radical (unpaired) electrons. The van der Waals surface area contributed by atoms with Gasteiger partial charge in [0.2, 0.25) is 5.95 Å². The second-order valence-electron chi connectivity index (χ2n) is 13.6. The number of fused-ring (bicyclic) bond motifs is 8. The van der Waals surface area contributed by atoms with E-state index in [4.69, 9.17) is 19.4 Å². The maximum Gasteiger partial charge on any atom is 0.238 e. The molecule has 0 aliphatic carbocycles. The van der Waals surface area contributed by atoms with Gasteiger partial charge in [0.05, 0.1) is 11.0 Å². The van der Waals surface area contributed by atoms with E-state index in [-0.39, 0.29) is 0 Å². The molecule has 0 aliphatic heterocycles. The van der Waals surface area contributed by atoms with Crippen LogP contribution in [0, 0.1) is 0 Å². The van der Waals surface area contributed by atoms with Crippen molar-refractivity contribution in [2.24, 2.45) is 0 Å². The van der Waals surface area contributed by atoms with Gasteiger partial charge in [-0.15, -0.1) is 0 Å². The molecule has 5 heteroatoms. The molecule has 3 heterocycles. The van der Waals surface area contributed by atoms with Crippen LogP contribution >= 0.6 is 0 Å². The molecule has 0 unspecified atom stereocenters. The number of rotatable bonds is 5. The minimum atomic E-state index is 0.564. The van der Waals surface area contributed by atoms with Crippen molar-refractivity contribution in [2.45, 2.75) is 0 Å². The third kappa shape index (κ3) is 4.76. The maximum atomic E-state index is 6.48. The quantitative estimate of drug-likeness (QED) is 0.180. The minimum Gasteiger partial charge on any atom is -0.455 e. The molecule has 0 amide bonds. The van der Waals surface area contributed by atoms with Crippen molar-refractivity contribution >= 4 is 54.5 Å². The predicted molar refractivity (Wildman–Crippen MR) is 221 cm³/mol. The molecule has 252 valence electrons. The smallest absolute Gasteiger partial charge is 0.238 e. The normalized spacial score (nSPS) is 11.7. The Bertz CT molecular complexity index is 3160. The second kappa shape index (κ2) is 12.1. The van der Waals surface area contributed by atoms with E-state index in [1.165, 1.54) is 10.8 Å². The number of nitrogens with zero attached hydrogens (tertiary/aromatic N) is 4. The molecule has 0 atom stereocenters. The van der Waals surface area contributed by atoms with E-state index < -0.39 is 0 Å². The monoisotopic (exact) mass is 690 g/mol.